The van der Waals surface area contributed by atoms with Crippen LogP contribution < -0.4 is 15.6 Å². The van der Waals surface area contributed by atoms with Crippen LogP contribution in [0, 0.1) is 10.1 Å². The highest BCUT2D eigenvalue weighted by Crippen LogP contribution is 2.31. The molecular formula is C15H12ClN6O2+. The molecule has 8 nitrogen and oxygen atoms in total. The van der Waals surface area contributed by atoms with Crippen LogP contribution in [0.3, 0.4) is 0 Å². The van der Waals surface area contributed by atoms with E-state index in [9.17, 15) is 10.1 Å². The Morgan fingerprint density at radius 2 is 2.08 bits per heavy atom. The number of rotatable bonds is 2. The molecule has 24 heavy (non-hydrogen) atoms. The van der Waals surface area contributed by atoms with Crippen LogP contribution >= 0.6 is 11.6 Å². The Kier molecular flexibility index (Phi) is 3.14. The molecule has 0 aliphatic carbocycles. The number of aromatic amines is 1. The van der Waals surface area contributed by atoms with Crippen LogP contribution in [0.4, 0.5) is 11.6 Å². The number of nitrogens with two attached hydrogens (primary N) is 1. The van der Waals surface area contributed by atoms with Gasteiger partial charge in [0.2, 0.25) is 6.17 Å². The topological polar surface area (TPSA) is 113 Å². The maximum Gasteiger partial charge on any atom is 0.365 e. The molecule has 0 fully saturated rings. The first-order valence-electron chi connectivity index (χ1n) is 7.11. The number of halogens is 1. The van der Waals surface area contributed by atoms with Gasteiger partial charge in [-0.15, -0.1) is 0 Å². The summed E-state index contributed by atoms with van der Waals surface area (Å²) in [6.07, 6.45) is -0.607. The lowest BCUT2D eigenvalue weighted by Crippen LogP contribution is -2.48. The van der Waals surface area contributed by atoms with Crippen LogP contribution in [0.25, 0.3) is 11.0 Å². The van der Waals surface area contributed by atoms with Crippen LogP contribution in [-0.2, 0) is 0 Å². The van der Waals surface area contributed by atoms with Crippen molar-refractivity contribution in [2.45, 2.75) is 6.17 Å². The van der Waals surface area contributed by atoms with E-state index >= 15 is 0 Å². The van der Waals surface area contributed by atoms with Crippen molar-refractivity contribution in [2.75, 3.05) is 5.32 Å². The highest BCUT2D eigenvalue weighted by atomic mass is 35.5. The predicted octanol–water partition coefficient (Wildman–Crippen LogP) is 2.30. The summed E-state index contributed by atoms with van der Waals surface area (Å²) < 4.78 is 1.87. The molecule has 1 aliphatic heterocycles. The van der Waals surface area contributed by atoms with Gasteiger partial charge in [0.25, 0.3) is 11.6 Å². The number of fused-ring (bicyclic) bond motifs is 3. The number of hydrogen-bond donors (Lipinski definition) is 3. The molecule has 1 atom stereocenters. The van der Waals surface area contributed by atoms with Gasteiger partial charge in [-0.1, -0.05) is 23.7 Å². The van der Waals surface area contributed by atoms with Gasteiger partial charge in [-0.2, -0.15) is 4.99 Å². The van der Waals surface area contributed by atoms with Gasteiger partial charge in [0.15, 0.2) is 0 Å². The van der Waals surface area contributed by atoms with Gasteiger partial charge in [-0.25, -0.2) is 14.9 Å². The third-order valence-corrected chi connectivity index (χ3v) is 4.22. The second-order valence-electron chi connectivity index (χ2n) is 5.34. The number of nitro benzene ring substituents is 1. The Morgan fingerprint density at radius 3 is 2.88 bits per heavy atom. The lowest BCUT2D eigenvalue weighted by atomic mass is 10.1. The fraction of sp³-hybridized carbons (Fsp3) is 0.0667. The Balaban J connectivity index is 1.97. The summed E-state index contributed by atoms with van der Waals surface area (Å²) in [6, 6.07) is 11.9. The van der Waals surface area contributed by atoms with Crippen LogP contribution in [0.1, 0.15) is 11.7 Å². The number of aromatic nitrogens is 2. The monoisotopic (exact) mass is 343 g/mol. The maximum absolute atomic E-state index is 11.1. The fourth-order valence-electron chi connectivity index (χ4n) is 2.84. The SMILES string of the molecule is NC1=N[C@@H](c2cc([N+](=O)[O-])ccc2Cl)[n+]2c([nH]c3ccccc32)N1. The van der Waals surface area contributed by atoms with Crippen molar-refractivity contribution in [3.8, 4) is 0 Å². The number of anilines is 1. The third-order valence-electron chi connectivity index (χ3n) is 3.88. The molecule has 0 unspecified atom stereocenters. The maximum atomic E-state index is 11.1. The highest BCUT2D eigenvalue weighted by Gasteiger charge is 2.33. The summed E-state index contributed by atoms with van der Waals surface area (Å²) in [4.78, 5) is 18.2. The van der Waals surface area contributed by atoms with Crippen molar-refractivity contribution in [1.82, 2.24) is 4.98 Å². The fourth-order valence-corrected chi connectivity index (χ4v) is 3.05. The molecule has 0 amide bonds. The number of H-pyrrole nitrogens is 1. The summed E-state index contributed by atoms with van der Waals surface area (Å²) in [5.41, 5.74) is 8.09. The van der Waals surface area contributed by atoms with E-state index in [0.717, 1.165) is 11.0 Å². The Morgan fingerprint density at radius 1 is 1.29 bits per heavy atom. The number of guanidine groups is 1. The first-order valence-corrected chi connectivity index (χ1v) is 7.49. The molecule has 120 valence electrons. The second kappa shape index (κ2) is 5.20. The lowest BCUT2D eigenvalue weighted by molar-refractivity contribution is -0.674. The number of non-ortho nitro benzene ring substituents is 1. The molecule has 1 aromatic heterocycles. The van der Waals surface area contributed by atoms with E-state index in [2.05, 4.69) is 15.3 Å². The van der Waals surface area contributed by atoms with Crippen molar-refractivity contribution < 1.29 is 9.49 Å². The standard InChI is InChI=1S/C15H11ClN6O2/c16-10-6-5-8(22(23)24)7-9(10)13-19-14(17)20-15-18-11-3-1-2-4-12(11)21(13)15/h1-7,13H,(H3,17,18,19,20)/p+1/t13-/m1/s1. The molecule has 2 aromatic carbocycles. The summed E-state index contributed by atoms with van der Waals surface area (Å²) in [7, 11) is 0. The highest BCUT2D eigenvalue weighted by molar-refractivity contribution is 6.31. The molecule has 0 saturated heterocycles. The largest absolute Gasteiger partial charge is 0.365 e. The van der Waals surface area contributed by atoms with E-state index in [4.69, 9.17) is 17.3 Å². The number of imidazole rings is 1. The van der Waals surface area contributed by atoms with Crippen molar-refractivity contribution in [1.29, 1.82) is 0 Å². The van der Waals surface area contributed by atoms with E-state index in [0.29, 0.717) is 16.5 Å². The Bertz CT molecular complexity index is 1010. The van der Waals surface area contributed by atoms with Crippen molar-refractivity contribution in [3.63, 3.8) is 0 Å². The molecular weight excluding hydrogens is 332 g/mol. The molecule has 3 aromatic rings. The van der Waals surface area contributed by atoms with Crippen LogP contribution in [0.2, 0.25) is 5.02 Å². The van der Waals surface area contributed by atoms with E-state index < -0.39 is 11.1 Å². The molecule has 0 radical (unpaired) electrons. The number of nitrogens with one attached hydrogen (secondary N) is 2. The van der Waals surface area contributed by atoms with Gasteiger partial charge < -0.3 is 5.73 Å². The number of nitrogens with zero attached hydrogens (tertiary/aromatic N) is 3. The minimum absolute atomic E-state index is 0.0521. The van der Waals surface area contributed by atoms with E-state index in [1.807, 2.05) is 28.8 Å². The quantitative estimate of drug-likeness (QED) is 0.376. The third kappa shape index (κ3) is 2.16. The average molecular weight is 344 g/mol. The van der Waals surface area contributed by atoms with Gasteiger partial charge in [-0.05, 0) is 18.2 Å². The van der Waals surface area contributed by atoms with E-state index in [-0.39, 0.29) is 11.6 Å². The lowest BCUT2D eigenvalue weighted by Gasteiger charge is -2.18. The summed E-state index contributed by atoms with van der Waals surface area (Å²) in [5.74, 6) is 0.838. The molecule has 9 heteroatoms. The van der Waals surface area contributed by atoms with E-state index in [1.54, 1.807) is 0 Å². The first-order chi connectivity index (χ1) is 11.5. The number of para-hydroxylation sites is 2. The molecule has 0 saturated carbocycles. The van der Waals surface area contributed by atoms with Gasteiger partial charge in [0.05, 0.1) is 4.92 Å². The zero-order valence-corrected chi connectivity index (χ0v) is 13.0. The van der Waals surface area contributed by atoms with Crippen molar-refractivity contribution >= 4 is 40.2 Å². The number of benzene rings is 2. The summed E-state index contributed by atoms with van der Waals surface area (Å²) in [5, 5.41) is 14.4. The average Bonchev–Trinajstić information content (AvgIpc) is 2.92. The van der Waals surface area contributed by atoms with Crippen molar-refractivity contribution in [2.24, 2.45) is 10.7 Å². The number of nitro groups is 1. The molecule has 0 spiro atoms. The molecule has 4 N–H and O–H groups in total. The molecule has 2 heterocycles. The van der Waals surface area contributed by atoms with Gasteiger partial charge in [-0.3, -0.25) is 10.1 Å². The zero-order chi connectivity index (χ0) is 16.8. The Labute approximate surface area is 140 Å². The minimum Gasteiger partial charge on any atom is -0.357 e. The first kappa shape index (κ1) is 14.5. The van der Waals surface area contributed by atoms with Crippen molar-refractivity contribution in [3.05, 3.63) is 63.2 Å². The van der Waals surface area contributed by atoms with Gasteiger partial charge in [0, 0.05) is 22.7 Å². The van der Waals surface area contributed by atoms with Crippen LogP contribution in [-0.4, -0.2) is 15.9 Å². The molecule has 1 aliphatic rings. The van der Waals surface area contributed by atoms with Crippen LogP contribution in [0.5, 0.6) is 0 Å². The number of aliphatic imine (C=N–C) groups is 1. The second-order valence-corrected chi connectivity index (χ2v) is 5.74. The minimum atomic E-state index is -0.607. The smallest absolute Gasteiger partial charge is 0.357 e. The normalized spacial score (nSPS) is 16.4. The number of hydrogen-bond acceptors (Lipinski definition) is 5. The van der Waals surface area contributed by atoms with Gasteiger partial charge >= 0.3 is 5.95 Å². The molecule has 0 bridgehead atoms. The predicted molar refractivity (Wildman–Crippen MR) is 90.0 cm³/mol. The summed E-state index contributed by atoms with van der Waals surface area (Å²) >= 11 is 6.29. The summed E-state index contributed by atoms with van der Waals surface area (Å²) in [6.45, 7) is 0. The molecule has 4 rings (SSSR count). The Hall–Kier alpha value is -3.13. The van der Waals surface area contributed by atoms with E-state index in [1.165, 1.54) is 18.2 Å². The zero-order valence-electron chi connectivity index (χ0n) is 12.2. The van der Waals surface area contributed by atoms with Crippen LogP contribution in [0.15, 0.2) is 47.5 Å². The van der Waals surface area contributed by atoms with Gasteiger partial charge in [0.1, 0.15) is 11.0 Å².